The highest BCUT2D eigenvalue weighted by Gasteiger charge is 2.32. The zero-order chi connectivity index (χ0) is 26.5. The maximum atomic E-state index is 13.8. The van der Waals surface area contributed by atoms with E-state index >= 15 is 0 Å². The number of hydrogen-bond donors (Lipinski definition) is 1. The van der Waals surface area contributed by atoms with Crippen molar-refractivity contribution in [3.63, 3.8) is 0 Å². The minimum absolute atomic E-state index is 0.0841. The Labute approximate surface area is 213 Å². The molecule has 3 aromatic carbocycles. The van der Waals surface area contributed by atoms with E-state index in [4.69, 9.17) is 0 Å². The Hall–Kier alpha value is -3.65. The van der Waals surface area contributed by atoms with Gasteiger partial charge in [0.15, 0.2) is 0 Å². The van der Waals surface area contributed by atoms with E-state index in [-0.39, 0.29) is 17.3 Å². The Morgan fingerprint density at radius 3 is 2.11 bits per heavy atom. The van der Waals surface area contributed by atoms with Crippen molar-refractivity contribution in [2.75, 3.05) is 17.9 Å². The average molecular weight is 508 g/mol. The first-order valence-electron chi connectivity index (χ1n) is 11.8. The van der Waals surface area contributed by atoms with E-state index in [1.807, 2.05) is 51.1 Å². The molecule has 0 aromatic heterocycles. The molecule has 1 N–H and O–H groups in total. The number of carbonyl (C=O) groups is 2. The van der Waals surface area contributed by atoms with Crippen LogP contribution in [0.25, 0.3) is 0 Å². The van der Waals surface area contributed by atoms with Crippen molar-refractivity contribution in [2.24, 2.45) is 0 Å². The minimum Gasteiger partial charge on any atom is -0.357 e. The van der Waals surface area contributed by atoms with Gasteiger partial charge in [-0.15, -0.1) is 0 Å². The first-order chi connectivity index (χ1) is 17.1. The molecule has 7 nitrogen and oxygen atoms in total. The number of nitrogens with one attached hydrogen (secondary N) is 1. The smallest absolute Gasteiger partial charge is 0.264 e. The lowest BCUT2D eigenvalue weighted by Gasteiger charge is -2.32. The lowest BCUT2D eigenvalue weighted by molar-refractivity contribution is -0.139. The molecule has 1 atom stereocenters. The summed E-state index contributed by atoms with van der Waals surface area (Å²) < 4.78 is 28.6. The molecule has 0 aliphatic rings. The van der Waals surface area contributed by atoms with Gasteiger partial charge in [-0.2, -0.15) is 0 Å². The number of amides is 2. The molecule has 8 heteroatoms. The van der Waals surface area contributed by atoms with Crippen LogP contribution in [0.5, 0.6) is 0 Å². The van der Waals surface area contributed by atoms with E-state index < -0.39 is 28.5 Å². The van der Waals surface area contributed by atoms with Gasteiger partial charge in [0.2, 0.25) is 11.8 Å². The normalized spacial score (nSPS) is 12.0. The molecule has 3 rings (SSSR count). The Balaban J connectivity index is 2.06. The maximum absolute atomic E-state index is 13.8. The second kappa shape index (κ2) is 11.4. The number of hydrogen-bond acceptors (Lipinski definition) is 4. The zero-order valence-electron chi connectivity index (χ0n) is 21.4. The van der Waals surface area contributed by atoms with E-state index in [1.54, 1.807) is 37.3 Å². The van der Waals surface area contributed by atoms with Crippen LogP contribution in [-0.2, 0) is 26.2 Å². The highest BCUT2D eigenvalue weighted by Crippen LogP contribution is 2.26. The quantitative estimate of drug-likeness (QED) is 0.475. The van der Waals surface area contributed by atoms with Crippen LogP contribution in [-0.4, -0.2) is 44.8 Å². The van der Waals surface area contributed by atoms with Gasteiger partial charge in [-0.05, 0) is 74.2 Å². The number of rotatable bonds is 9. The van der Waals surface area contributed by atoms with Crippen molar-refractivity contribution in [3.8, 4) is 0 Å². The number of nitrogens with zero attached hydrogens (tertiary/aromatic N) is 2. The van der Waals surface area contributed by atoms with Crippen LogP contribution in [0.2, 0.25) is 0 Å². The monoisotopic (exact) mass is 507 g/mol. The van der Waals surface area contributed by atoms with Gasteiger partial charge in [0.05, 0.1) is 10.6 Å². The average Bonchev–Trinajstić information content (AvgIpc) is 2.87. The summed E-state index contributed by atoms with van der Waals surface area (Å²) >= 11 is 0. The van der Waals surface area contributed by atoms with Crippen molar-refractivity contribution < 1.29 is 18.0 Å². The summed E-state index contributed by atoms with van der Waals surface area (Å²) in [5.41, 5.74) is 4.16. The maximum Gasteiger partial charge on any atom is 0.264 e. The summed E-state index contributed by atoms with van der Waals surface area (Å²) in [5, 5.41) is 2.59. The van der Waals surface area contributed by atoms with Gasteiger partial charge in [-0.1, -0.05) is 48.5 Å². The first kappa shape index (κ1) is 26.9. The number of aryl methyl sites for hydroxylation is 3. The topological polar surface area (TPSA) is 86.8 Å². The van der Waals surface area contributed by atoms with Crippen LogP contribution < -0.4 is 9.62 Å². The third-order valence-electron chi connectivity index (χ3n) is 6.40. The van der Waals surface area contributed by atoms with Gasteiger partial charge in [0.1, 0.15) is 12.6 Å². The van der Waals surface area contributed by atoms with Crippen molar-refractivity contribution in [3.05, 3.63) is 95.1 Å². The summed E-state index contributed by atoms with van der Waals surface area (Å²) in [6.07, 6.45) is 0. The van der Waals surface area contributed by atoms with E-state index in [2.05, 4.69) is 5.32 Å². The molecular weight excluding hydrogens is 474 g/mol. The molecule has 36 heavy (non-hydrogen) atoms. The summed E-state index contributed by atoms with van der Waals surface area (Å²) in [4.78, 5) is 27.8. The van der Waals surface area contributed by atoms with Crippen LogP contribution in [0, 0.1) is 20.8 Å². The lowest BCUT2D eigenvalue weighted by atomic mass is 10.1. The van der Waals surface area contributed by atoms with E-state index in [1.165, 1.54) is 24.1 Å². The van der Waals surface area contributed by atoms with E-state index in [0.717, 1.165) is 26.6 Å². The van der Waals surface area contributed by atoms with Gasteiger partial charge in [0, 0.05) is 13.6 Å². The molecule has 2 amide bonds. The third kappa shape index (κ3) is 5.94. The summed E-state index contributed by atoms with van der Waals surface area (Å²) in [6, 6.07) is 20.1. The van der Waals surface area contributed by atoms with Crippen molar-refractivity contribution >= 4 is 27.5 Å². The van der Waals surface area contributed by atoms with E-state index in [9.17, 15) is 18.0 Å². The SMILES string of the molecule is CNC(=O)[C@@H](C)N(Cc1ccccc1C)C(=O)CN(c1ccc(C)c(C)c1)S(=O)(=O)c1ccccc1. The Kier molecular flexibility index (Phi) is 8.53. The Morgan fingerprint density at radius 2 is 1.50 bits per heavy atom. The van der Waals surface area contributed by atoms with Crippen molar-refractivity contribution in [1.29, 1.82) is 0 Å². The number of carbonyl (C=O) groups excluding carboxylic acids is 2. The number of likely N-dealkylation sites (N-methyl/N-ethyl adjacent to an activating group) is 1. The molecule has 0 unspecified atom stereocenters. The molecule has 0 heterocycles. The molecule has 0 aliphatic heterocycles. The fourth-order valence-electron chi connectivity index (χ4n) is 3.89. The second-order valence-corrected chi connectivity index (χ2v) is 10.7. The standard InChI is InChI=1S/C28H33N3O4S/c1-20-15-16-25(17-22(20)3)31(36(34,35)26-13-7-6-8-14-26)19-27(32)30(23(4)28(33)29-5)18-24-12-10-9-11-21(24)2/h6-17,23H,18-19H2,1-5H3,(H,29,33)/t23-/m1/s1. The molecule has 0 spiro atoms. The van der Waals surface area contributed by atoms with Gasteiger partial charge >= 0.3 is 0 Å². The van der Waals surface area contributed by atoms with Gasteiger partial charge in [-0.3, -0.25) is 13.9 Å². The minimum atomic E-state index is -4.06. The molecule has 0 radical (unpaired) electrons. The van der Waals surface area contributed by atoms with Gasteiger partial charge < -0.3 is 10.2 Å². The van der Waals surface area contributed by atoms with Gasteiger partial charge in [-0.25, -0.2) is 8.42 Å². The highest BCUT2D eigenvalue weighted by molar-refractivity contribution is 7.92. The fourth-order valence-corrected chi connectivity index (χ4v) is 5.32. The zero-order valence-corrected chi connectivity index (χ0v) is 22.2. The van der Waals surface area contributed by atoms with Crippen LogP contribution in [0.3, 0.4) is 0 Å². The predicted octanol–water partition coefficient (Wildman–Crippen LogP) is 3.97. The largest absolute Gasteiger partial charge is 0.357 e. The van der Waals surface area contributed by atoms with Crippen LogP contribution in [0.4, 0.5) is 5.69 Å². The van der Waals surface area contributed by atoms with E-state index in [0.29, 0.717) is 5.69 Å². The van der Waals surface area contributed by atoms with Crippen LogP contribution >= 0.6 is 0 Å². The number of sulfonamides is 1. The first-order valence-corrected chi connectivity index (χ1v) is 13.2. The lowest BCUT2D eigenvalue weighted by Crippen LogP contribution is -2.50. The number of anilines is 1. The molecule has 190 valence electrons. The fraction of sp³-hybridized carbons (Fsp3) is 0.286. The molecule has 0 bridgehead atoms. The molecule has 3 aromatic rings. The van der Waals surface area contributed by atoms with Crippen molar-refractivity contribution in [1.82, 2.24) is 10.2 Å². The van der Waals surface area contributed by atoms with Crippen molar-refractivity contribution in [2.45, 2.75) is 45.2 Å². The summed E-state index contributed by atoms with van der Waals surface area (Å²) in [7, 11) is -2.55. The van der Waals surface area contributed by atoms with Gasteiger partial charge in [0.25, 0.3) is 10.0 Å². The third-order valence-corrected chi connectivity index (χ3v) is 8.19. The molecular formula is C28H33N3O4S. The highest BCUT2D eigenvalue weighted by atomic mass is 32.2. The molecule has 0 saturated heterocycles. The van der Waals surface area contributed by atoms with Crippen LogP contribution in [0.15, 0.2) is 77.7 Å². The second-order valence-electron chi connectivity index (χ2n) is 8.83. The number of benzene rings is 3. The Bertz CT molecular complexity index is 1340. The van der Waals surface area contributed by atoms with Crippen LogP contribution in [0.1, 0.15) is 29.2 Å². The molecule has 0 saturated carbocycles. The molecule has 0 aliphatic carbocycles. The predicted molar refractivity (Wildman–Crippen MR) is 142 cm³/mol. The Morgan fingerprint density at radius 1 is 0.861 bits per heavy atom. The summed E-state index contributed by atoms with van der Waals surface area (Å²) in [6.45, 7) is 7.13. The summed E-state index contributed by atoms with van der Waals surface area (Å²) in [5.74, 6) is -0.812. The molecule has 0 fully saturated rings.